The van der Waals surface area contributed by atoms with Crippen molar-refractivity contribution in [3.8, 4) is 11.1 Å². The number of amides is 2. The number of nitrogens with one attached hydrogen (secondary N) is 1. The van der Waals surface area contributed by atoms with Gasteiger partial charge < -0.3 is 24.2 Å². The summed E-state index contributed by atoms with van der Waals surface area (Å²) in [5, 5.41) is 12.4. The van der Waals surface area contributed by atoms with Crippen molar-refractivity contribution >= 4 is 15.8 Å². The number of carbonyl (C=O) groups is 1. The Morgan fingerprint density at radius 2 is 1.72 bits per heavy atom. The molecule has 3 aliphatic rings. The third-order valence-corrected chi connectivity index (χ3v) is 10.9. The van der Waals surface area contributed by atoms with Crippen molar-refractivity contribution in [2.24, 2.45) is 5.41 Å². The molecule has 9 nitrogen and oxygen atoms in total. The highest BCUT2D eigenvalue weighted by atomic mass is 32.2. The number of likely N-dealkylation sites (tertiary alicyclic amines) is 1. The van der Waals surface area contributed by atoms with E-state index in [1.165, 1.54) is 23.1 Å². The Morgan fingerprint density at radius 1 is 1.05 bits per heavy atom. The fraction of sp³-hybridized carbons (Fsp3) is 0.455. The van der Waals surface area contributed by atoms with Crippen LogP contribution in [0.2, 0.25) is 0 Å². The van der Waals surface area contributed by atoms with Crippen molar-refractivity contribution in [1.29, 1.82) is 4.78 Å². The van der Waals surface area contributed by atoms with Gasteiger partial charge in [-0.2, -0.15) is 0 Å². The first kappa shape index (κ1) is 29.6. The van der Waals surface area contributed by atoms with Crippen molar-refractivity contribution in [3.63, 3.8) is 0 Å². The summed E-state index contributed by atoms with van der Waals surface area (Å²) in [6.45, 7) is 2.23. The molecule has 10 heteroatoms. The van der Waals surface area contributed by atoms with Crippen LogP contribution in [0.15, 0.2) is 82.6 Å². The third kappa shape index (κ3) is 5.63. The van der Waals surface area contributed by atoms with Gasteiger partial charge in [-0.25, -0.2) is 13.8 Å². The predicted molar refractivity (Wildman–Crippen MR) is 165 cm³/mol. The Bertz CT molecular complexity index is 1640. The monoisotopic (exact) mass is 604 g/mol. The van der Waals surface area contributed by atoms with E-state index in [9.17, 15) is 18.9 Å². The van der Waals surface area contributed by atoms with Crippen LogP contribution in [0, 0.1) is 10.2 Å². The highest BCUT2D eigenvalue weighted by molar-refractivity contribution is 7.91. The van der Waals surface area contributed by atoms with Gasteiger partial charge in [0, 0.05) is 49.1 Å². The summed E-state index contributed by atoms with van der Waals surface area (Å²) in [6, 6.07) is 20.4. The number of pyridine rings is 1. The second-order valence-corrected chi connectivity index (χ2v) is 14.5. The second-order valence-electron chi connectivity index (χ2n) is 12.4. The molecule has 0 bridgehead atoms. The van der Waals surface area contributed by atoms with Crippen LogP contribution in [0.3, 0.4) is 0 Å². The number of nitrogens with zero attached hydrogens (tertiary/aromatic N) is 3. The number of aromatic nitrogens is 1. The third-order valence-electron chi connectivity index (χ3n) is 9.69. The van der Waals surface area contributed by atoms with Crippen molar-refractivity contribution in [2.45, 2.75) is 55.2 Å². The van der Waals surface area contributed by atoms with Gasteiger partial charge in [0.2, 0.25) is 0 Å². The quantitative estimate of drug-likeness (QED) is 0.437. The van der Waals surface area contributed by atoms with E-state index in [2.05, 4.69) is 0 Å². The van der Waals surface area contributed by atoms with Crippen LogP contribution in [-0.2, 0) is 21.0 Å². The fourth-order valence-corrected chi connectivity index (χ4v) is 8.26. The molecule has 2 amide bonds. The average molecular weight is 605 g/mol. The van der Waals surface area contributed by atoms with Gasteiger partial charge in [-0.3, -0.25) is 4.79 Å². The lowest BCUT2D eigenvalue weighted by Crippen LogP contribution is -2.64. The maximum Gasteiger partial charge on any atom is 0.320 e. The van der Waals surface area contributed by atoms with Crippen molar-refractivity contribution in [1.82, 2.24) is 14.4 Å². The molecule has 3 heterocycles. The number of carbonyl (C=O) groups excluding carboxylic acids is 1. The van der Waals surface area contributed by atoms with Gasteiger partial charge >= 0.3 is 6.03 Å². The molecule has 2 aliphatic heterocycles. The molecule has 6 rings (SSSR count). The molecule has 1 aromatic heterocycles. The van der Waals surface area contributed by atoms with E-state index in [0.717, 1.165) is 36.8 Å². The van der Waals surface area contributed by atoms with E-state index in [0.29, 0.717) is 44.8 Å². The first-order chi connectivity index (χ1) is 20.6. The number of urea groups is 1. The van der Waals surface area contributed by atoms with Crippen LogP contribution in [0.5, 0.6) is 0 Å². The van der Waals surface area contributed by atoms with Gasteiger partial charge in [-0.1, -0.05) is 73.5 Å². The van der Waals surface area contributed by atoms with E-state index < -0.39 is 20.7 Å². The first-order valence-electron chi connectivity index (χ1n) is 15.0. The molecule has 2 saturated heterocycles. The smallest absolute Gasteiger partial charge is 0.320 e. The molecule has 43 heavy (non-hydrogen) atoms. The Morgan fingerprint density at radius 3 is 2.40 bits per heavy atom. The predicted octanol–water partition coefficient (Wildman–Crippen LogP) is 4.74. The summed E-state index contributed by atoms with van der Waals surface area (Å²) in [4.78, 5) is 31.6. The number of hydrogen-bond donors (Lipinski definition) is 2. The van der Waals surface area contributed by atoms with Gasteiger partial charge in [0.15, 0.2) is 0 Å². The number of hydrogen-bond acceptors (Lipinski definition) is 6. The second kappa shape index (κ2) is 11.6. The maximum absolute atomic E-state index is 14.0. The largest absolute Gasteiger partial charge is 0.387 e. The molecule has 228 valence electrons. The molecule has 3 unspecified atom stereocenters. The zero-order valence-corrected chi connectivity index (χ0v) is 25.4. The number of ether oxygens (including phenoxy) is 1. The average Bonchev–Trinajstić information content (AvgIpc) is 3.49. The minimum atomic E-state index is -3.18. The Labute approximate surface area is 253 Å². The molecule has 3 atom stereocenters. The SMILES string of the molecule is CS(=N)(=O)c1cn(CC2(O)CCN(C(=O)N3CCOCC3c3ccccc3)CC23CCCC3)c(=O)cc1-c1ccccc1. The molecule has 3 fully saturated rings. The minimum Gasteiger partial charge on any atom is -0.387 e. The normalized spacial score (nSPS) is 25.0. The fourth-order valence-electron chi connectivity index (χ4n) is 7.34. The molecule has 2 aromatic carbocycles. The molecular formula is C33H40N4O5S. The van der Waals surface area contributed by atoms with Crippen LogP contribution in [0.4, 0.5) is 4.79 Å². The topological polar surface area (TPSA) is 116 Å². The van der Waals surface area contributed by atoms with Crippen LogP contribution in [0.25, 0.3) is 11.1 Å². The molecule has 1 saturated carbocycles. The van der Waals surface area contributed by atoms with Gasteiger partial charge in [-0.05, 0) is 30.4 Å². The zero-order chi connectivity index (χ0) is 30.2. The number of aliphatic hydroxyl groups is 1. The maximum atomic E-state index is 14.0. The van der Waals surface area contributed by atoms with Crippen LogP contribution >= 0.6 is 0 Å². The lowest BCUT2D eigenvalue weighted by Gasteiger charge is -2.53. The van der Waals surface area contributed by atoms with Crippen LogP contribution in [0.1, 0.15) is 43.7 Å². The van der Waals surface area contributed by atoms with Crippen molar-refractivity contribution in [3.05, 3.63) is 88.8 Å². The Kier molecular flexibility index (Phi) is 7.95. The first-order valence-corrected chi connectivity index (χ1v) is 17.0. The molecule has 0 radical (unpaired) electrons. The number of benzene rings is 2. The standard InChI is InChI=1S/C33H40N4O5S/c1-43(34,41)29-21-36(30(38)20-27(29)25-10-4-2-5-11-25)24-33(40)16-17-35(23-32(33)14-8-9-15-32)31(39)37-18-19-42-22-28(37)26-12-6-3-7-13-26/h2-7,10-13,20-21,28,34,40H,8-9,14-19,22-24H2,1H3. The summed E-state index contributed by atoms with van der Waals surface area (Å²) < 4.78 is 28.7. The highest BCUT2D eigenvalue weighted by Gasteiger charge is 2.56. The van der Waals surface area contributed by atoms with E-state index in [4.69, 9.17) is 9.52 Å². The van der Waals surface area contributed by atoms with E-state index in [-0.39, 0.29) is 29.1 Å². The lowest BCUT2D eigenvalue weighted by atomic mass is 9.66. The number of morpholine rings is 1. The van der Waals surface area contributed by atoms with Crippen LogP contribution < -0.4 is 5.56 Å². The van der Waals surface area contributed by atoms with E-state index >= 15 is 0 Å². The van der Waals surface area contributed by atoms with E-state index in [1.54, 1.807) is 0 Å². The van der Waals surface area contributed by atoms with Crippen LogP contribution in [-0.4, -0.2) is 74.4 Å². The molecule has 1 spiro atoms. The highest BCUT2D eigenvalue weighted by Crippen LogP contribution is 2.52. The molecule has 2 N–H and O–H groups in total. The summed E-state index contributed by atoms with van der Waals surface area (Å²) in [6.07, 6.45) is 6.58. The zero-order valence-electron chi connectivity index (χ0n) is 24.6. The summed E-state index contributed by atoms with van der Waals surface area (Å²) in [7, 11) is -3.18. The van der Waals surface area contributed by atoms with Gasteiger partial charge in [0.25, 0.3) is 5.56 Å². The van der Waals surface area contributed by atoms with Crippen molar-refractivity contribution in [2.75, 3.05) is 39.1 Å². The minimum absolute atomic E-state index is 0.0235. The molecule has 1 aliphatic carbocycles. The molecular weight excluding hydrogens is 564 g/mol. The Hall–Kier alpha value is -3.47. The van der Waals surface area contributed by atoms with E-state index in [1.807, 2.05) is 70.5 Å². The lowest BCUT2D eigenvalue weighted by molar-refractivity contribution is -0.137. The van der Waals surface area contributed by atoms with Crippen molar-refractivity contribution < 1.29 is 18.8 Å². The van der Waals surface area contributed by atoms with Gasteiger partial charge in [-0.15, -0.1) is 0 Å². The molecule has 3 aromatic rings. The van der Waals surface area contributed by atoms with Gasteiger partial charge in [0.05, 0.1) is 46.0 Å². The summed E-state index contributed by atoms with van der Waals surface area (Å²) >= 11 is 0. The Balaban J connectivity index is 1.29. The summed E-state index contributed by atoms with van der Waals surface area (Å²) in [5.41, 5.74) is 0.114. The van der Waals surface area contributed by atoms with Gasteiger partial charge in [0.1, 0.15) is 0 Å². The number of rotatable bonds is 5. The summed E-state index contributed by atoms with van der Waals surface area (Å²) in [5.74, 6) is 0. The number of piperidine rings is 1.